The summed E-state index contributed by atoms with van der Waals surface area (Å²) >= 11 is 0. The average molecular weight is 281 g/mol. The number of halogens is 1. The third-order valence-electron chi connectivity index (χ3n) is 3.11. The molecule has 0 bridgehead atoms. The van der Waals surface area contributed by atoms with Gasteiger partial charge in [0.1, 0.15) is 5.82 Å². The molecule has 1 atom stereocenters. The Morgan fingerprint density at radius 1 is 1.30 bits per heavy atom. The van der Waals surface area contributed by atoms with Crippen molar-refractivity contribution in [1.29, 1.82) is 0 Å². The van der Waals surface area contributed by atoms with Gasteiger partial charge in [0, 0.05) is 13.0 Å². The van der Waals surface area contributed by atoms with Crippen LogP contribution >= 0.6 is 0 Å². The first-order valence-electron chi connectivity index (χ1n) is 6.75. The smallest absolute Gasteiger partial charge is 0.303 e. The molecule has 2 N–H and O–H groups in total. The monoisotopic (exact) mass is 281 g/mol. The minimum atomic E-state index is -0.797. The van der Waals surface area contributed by atoms with Gasteiger partial charge in [0.05, 0.1) is 5.92 Å². The molecule has 0 aliphatic rings. The Morgan fingerprint density at radius 2 is 2.05 bits per heavy atom. The molecule has 20 heavy (non-hydrogen) atoms. The maximum absolute atomic E-state index is 13.1. The highest BCUT2D eigenvalue weighted by Crippen LogP contribution is 2.16. The van der Waals surface area contributed by atoms with Gasteiger partial charge in [0.15, 0.2) is 0 Å². The van der Waals surface area contributed by atoms with Crippen LogP contribution in [-0.4, -0.2) is 23.5 Å². The van der Waals surface area contributed by atoms with Crippen LogP contribution in [0.4, 0.5) is 4.39 Å². The first kappa shape index (κ1) is 16.1. The summed E-state index contributed by atoms with van der Waals surface area (Å²) in [7, 11) is 0. The van der Waals surface area contributed by atoms with Gasteiger partial charge < -0.3 is 10.4 Å². The van der Waals surface area contributed by atoms with Gasteiger partial charge in [-0.25, -0.2) is 4.39 Å². The van der Waals surface area contributed by atoms with E-state index in [0.29, 0.717) is 18.5 Å². The summed E-state index contributed by atoms with van der Waals surface area (Å²) in [4.78, 5) is 22.2. The Kier molecular flexibility index (Phi) is 6.70. The normalized spacial score (nSPS) is 11.9. The van der Waals surface area contributed by atoms with E-state index >= 15 is 0 Å². The van der Waals surface area contributed by atoms with Crippen LogP contribution in [0.15, 0.2) is 24.3 Å². The topological polar surface area (TPSA) is 66.4 Å². The second-order valence-corrected chi connectivity index (χ2v) is 4.77. The number of carboxylic acid groups (broad SMARTS) is 1. The fourth-order valence-corrected chi connectivity index (χ4v) is 1.87. The summed E-state index contributed by atoms with van der Waals surface area (Å²) in [6.07, 6.45) is 2.29. The molecule has 0 fully saturated rings. The minimum absolute atomic E-state index is 0.145. The molecule has 1 amide bonds. The van der Waals surface area contributed by atoms with E-state index in [-0.39, 0.29) is 18.1 Å². The second kappa shape index (κ2) is 8.30. The fraction of sp³-hybridized carbons (Fsp3) is 0.467. The van der Waals surface area contributed by atoms with Crippen LogP contribution in [0.1, 0.15) is 44.1 Å². The molecular weight excluding hydrogens is 261 g/mol. The minimum Gasteiger partial charge on any atom is -0.481 e. The molecule has 0 radical (unpaired) electrons. The van der Waals surface area contributed by atoms with Gasteiger partial charge in [-0.05, 0) is 37.5 Å². The number of unbranched alkanes of at least 4 members (excludes halogenated alkanes) is 2. The molecule has 0 aromatic heterocycles. The second-order valence-electron chi connectivity index (χ2n) is 4.77. The van der Waals surface area contributed by atoms with Crippen LogP contribution in [0.3, 0.4) is 0 Å². The zero-order chi connectivity index (χ0) is 15.0. The lowest BCUT2D eigenvalue weighted by atomic mass is 10.0. The van der Waals surface area contributed by atoms with E-state index in [4.69, 9.17) is 5.11 Å². The van der Waals surface area contributed by atoms with Crippen molar-refractivity contribution in [2.24, 2.45) is 0 Å². The number of carbonyl (C=O) groups excluding carboxylic acids is 1. The Labute approximate surface area is 118 Å². The van der Waals surface area contributed by atoms with Gasteiger partial charge in [-0.3, -0.25) is 9.59 Å². The molecule has 1 rings (SSSR count). The molecule has 0 saturated carbocycles. The molecule has 0 aliphatic heterocycles. The van der Waals surface area contributed by atoms with Crippen molar-refractivity contribution in [2.75, 3.05) is 6.54 Å². The maximum Gasteiger partial charge on any atom is 0.303 e. The third kappa shape index (κ3) is 5.82. The van der Waals surface area contributed by atoms with Gasteiger partial charge in [-0.2, -0.15) is 0 Å². The van der Waals surface area contributed by atoms with Gasteiger partial charge >= 0.3 is 5.97 Å². The van der Waals surface area contributed by atoms with Crippen LogP contribution in [-0.2, 0) is 9.59 Å². The largest absolute Gasteiger partial charge is 0.481 e. The predicted molar refractivity (Wildman–Crippen MR) is 73.9 cm³/mol. The number of hydrogen-bond donors (Lipinski definition) is 2. The maximum atomic E-state index is 13.1. The van der Waals surface area contributed by atoms with Crippen molar-refractivity contribution in [3.63, 3.8) is 0 Å². The molecule has 0 saturated heterocycles. The molecular formula is C15H20FNO3. The molecule has 4 nitrogen and oxygen atoms in total. The highest BCUT2D eigenvalue weighted by Gasteiger charge is 2.14. The van der Waals surface area contributed by atoms with E-state index in [0.717, 1.165) is 12.8 Å². The van der Waals surface area contributed by atoms with Gasteiger partial charge in [-0.1, -0.05) is 18.6 Å². The summed E-state index contributed by atoms with van der Waals surface area (Å²) in [5.41, 5.74) is 0.647. The number of rotatable bonds is 8. The Balaban J connectivity index is 2.27. The Hall–Kier alpha value is -1.91. The zero-order valence-corrected chi connectivity index (χ0v) is 11.6. The van der Waals surface area contributed by atoms with Gasteiger partial charge in [-0.15, -0.1) is 0 Å². The Bertz CT molecular complexity index is 462. The van der Waals surface area contributed by atoms with Crippen molar-refractivity contribution >= 4 is 11.9 Å². The van der Waals surface area contributed by atoms with Gasteiger partial charge in [0.25, 0.3) is 0 Å². The number of nitrogens with one attached hydrogen (secondary N) is 1. The van der Waals surface area contributed by atoms with Crippen LogP contribution < -0.4 is 5.32 Å². The average Bonchev–Trinajstić information content (AvgIpc) is 2.41. The first-order valence-corrected chi connectivity index (χ1v) is 6.75. The molecule has 0 spiro atoms. The number of aliphatic carboxylic acids is 1. The lowest BCUT2D eigenvalue weighted by Gasteiger charge is -2.12. The number of carbonyl (C=O) groups is 2. The lowest BCUT2D eigenvalue weighted by Crippen LogP contribution is -2.28. The van der Waals surface area contributed by atoms with E-state index in [1.54, 1.807) is 19.1 Å². The number of amides is 1. The molecule has 1 unspecified atom stereocenters. The number of benzene rings is 1. The molecule has 1 aromatic rings. The van der Waals surface area contributed by atoms with Crippen LogP contribution in [0, 0.1) is 5.82 Å². The summed E-state index contributed by atoms with van der Waals surface area (Å²) in [6, 6.07) is 6.01. The highest BCUT2D eigenvalue weighted by molar-refractivity contribution is 5.83. The van der Waals surface area contributed by atoms with E-state index in [9.17, 15) is 14.0 Å². The van der Waals surface area contributed by atoms with Crippen molar-refractivity contribution in [2.45, 2.75) is 38.5 Å². The summed E-state index contributed by atoms with van der Waals surface area (Å²) < 4.78 is 13.1. The van der Waals surface area contributed by atoms with Crippen LogP contribution in [0.25, 0.3) is 0 Å². The SMILES string of the molecule is CC(C(=O)NCCCCCC(=O)O)c1cccc(F)c1. The molecule has 1 aromatic carbocycles. The van der Waals surface area contributed by atoms with E-state index < -0.39 is 11.9 Å². The van der Waals surface area contributed by atoms with E-state index in [2.05, 4.69) is 5.32 Å². The summed E-state index contributed by atoms with van der Waals surface area (Å²) in [5, 5.41) is 11.3. The van der Waals surface area contributed by atoms with Gasteiger partial charge in [0.2, 0.25) is 5.91 Å². The van der Waals surface area contributed by atoms with Crippen LogP contribution in [0.2, 0.25) is 0 Å². The van der Waals surface area contributed by atoms with Crippen molar-refractivity contribution < 1.29 is 19.1 Å². The Morgan fingerprint density at radius 3 is 2.70 bits per heavy atom. The van der Waals surface area contributed by atoms with E-state index in [1.165, 1.54) is 12.1 Å². The molecule has 110 valence electrons. The fourth-order valence-electron chi connectivity index (χ4n) is 1.87. The standard InChI is InChI=1S/C15H20FNO3/c1-11(12-6-5-7-13(16)10-12)15(20)17-9-4-2-3-8-14(18)19/h5-7,10-11H,2-4,8-9H2,1H3,(H,17,20)(H,18,19). The number of carboxylic acids is 1. The highest BCUT2D eigenvalue weighted by atomic mass is 19.1. The van der Waals surface area contributed by atoms with Crippen molar-refractivity contribution in [3.8, 4) is 0 Å². The van der Waals surface area contributed by atoms with E-state index in [1.807, 2.05) is 0 Å². The first-order chi connectivity index (χ1) is 9.50. The lowest BCUT2D eigenvalue weighted by molar-refractivity contribution is -0.137. The predicted octanol–water partition coefficient (Wildman–Crippen LogP) is 2.69. The molecule has 0 heterocycles. The third-order valence-corrected chi connectivity index (χ3v) is 3.11. The molecule has 5 heteroatoms. The van der Waals surface area contributed by atoms with Crippen molar-refractivity contribution in [1.82, 2.24) is 5.32 Å². The zero-order valence-electron chi connectivity index (χ0n) is 11.6. The quantitative estimate of drug-likeness (QED) is 0.720. The van der Waals surface area contributed by atoms with Crippen LogP contribution in [0.5, 0.6) is 0 Å². The summed E-state index contributed by atoms with van der Waals surface area (Å²) in [6.45, 7) is 2.24. The molecule has 0 aliphatic carbocycles. The summed E-state index contributed by atoms with van der Waals surface area (Å²) in [5.74, 6) is -1.69. The number of hydrogen-bond acceptors (Lipinski definition) is 2. The van der Waals surface area contributed by atoms with Crippen molar-refractivity contribution in [3.05, 3.63) is 35.6 Å².